The zero-order chi connectivity index (χ0) is 13.8. The van der Waals surface area contributed by atoms with Crippen LogP contribution in [0.2, 0.25) is 0 Å². The van der Waals surface area contributed by atoms with Crippen molar-refractivity contribution >= 4 is 32.4 Å². The fourth-order valence-electron chi connectivity index (χ4n) is 1.95. The fourth-order valence-corrected chi connectivity index (χ4v) is 2.85. The van der Waals surface area contributed by atoms with Crippen molar-refractivity contribution in [1.82, 2.24) is 4.98 Å². The van der Waals surface area contributed by atoms with E-state index in [0.29, 0.717) is 0 Å². The zero-order valence-corrected chi connectivity index (χ0v) is 12.1. The Hall–Kier alpha value is -2.07. The summed E-state index contributed by atoms with van der Waals surface area (Å²) in [4.78, 5) is 4.64. The molecule has 3 aromatic rings. The SMILES string of the molecule is CCCOc1cccc2sc(Nc3ccccc3)nc12. The molecule has 102 valence electrons. The number of aromatic nitrogens is 1. The highest BCUT2D eigenvalue weighted by Gasteiger charge is 2.09. The van der Waals surface area contributed by atoms with Gasteiger partial charge in [-0.15, -0.1) is 0 Å². The maximum absolute atomic E-state index is 5.75. The molecule has 0 aliphatic heterocycles. The Balaban J connectivity index is 1.90. The normalized spacial score (nSPS) is 10.7. The van der Waals surface area contributed by atoms with Gasteiger partial charge in [-0.1, -0.05) is 42.5 Å². The van der Waals surface area contributed by atoms with Crippen LogP contribution in [-0.4, -0.2) is 11.6 Å². The van der Waals surface area contributed by atoms with E-state index >= 15 is 0 Å². The van der Waals surface area contributed by atoms with E-state index in [0.717, 1.165) is 39.8 Å². The molecule has 1 N–H and O–H groups in total. The van der Waals surface area contributed by atoms with Crippen molar-refractivity contribution < 1.29 is 4.74 Å². The molecule has 2 aromatic carbocycles. The quantitative estimate of drug-likeness (QED) is 0.728. The first kappa shape index (κ1) is 12.9. The molecule has 0 saturated carbocycles. The van der Waals surface area contributed by atoms with E-state index in [1.165, 1.54) is 0 Å². The standard InChI is InChI=1S/C16H16N2OS/c1-2-11-19-13-9-6-10-14-15(13)18-16(20-14)17-12-7-4-3-5-8-12/h3-10H,2,11H2,1H3,(H,17,18). The Morgan fingerprint density at radius 3 is 2.75 bits per heavy atom. The van der Waals surface area contributed by atoms with Crippen LogP contribution in [0.15, 0.2) is 48.5 Å². The predicted octanol–water partition coefficient (Wildman–Crippen LogP) is 4.83. The van der Waals surface area contributed by atoms with Gasteiger partial charge in [0, 0.05) is 5.69 Å². The third-order valence-corrected chi connectivity index (χ3v) is 3.80. The van der Waals surface area contributed by atoms with Crippen LogP contribution in [0.5, 0.6) is 5.75 Å². The summed E-state index contributed by atoms with van der Waals surface area (Å²) in [5.74, 6) is 0.863. The first-order valence-electron chi connectivity index (χ1n) is 6.71. The lowest BCUT2D eigenvalue weighted by atomic mass is 10.3. The lowest BCUT2D eigenvalue weighted by Crippen LogP contribution is -1.95. The van der Waals surface area contributed by atoms with Crippen molar-refractivity contribution in [2.75, 3.05) is 11.9 Å². The molecule has 0 atom stereocenters. The van der Waals surface area contributed by atoms with Crippen LogP contribution >= 0.6 is 11.3 Å². The Kier molecular flexibility index (Phi) is 3.83. The van der Waals surface area contributed by atoms with Gasteiger partial charge in [0.15, 0.2) is 5.13 Å². The number of para-hydroxylation sites is 2. The van der Waals surface area contributed by atoms with E-state index in [2.05, 4.69) is 23.3 Å². The van der Waals surface area contributed by atoms with Crippen molar-refractivity contribution in [3.63, 3.8) is 0 Å². The lowest BCUT2D eigenvalue weighted by molar-refractivity contribution is 0.320. The number of nitrogens with one attached hydrogen (secondary N) is 1. The van der Waals surface area contributed by atoms with E-state index in [1.54, 1.807) is 11.3 Å². The molecule has 4 heteroatoms. The molecule has 3 nitrogen and oxygen atoms in total. The number of benzene rings is 2. The summed E-state index contributed by atoms with van der Waals surface area (Å²) in [6.45, 7) is 2.82. The van der Waals surface area contributed by atoms with Gasteiger partial charge in [0.1, 0.15) is 11.3 Å². The van der Waals surface area contributed by atoms with Gasteiger partial charge in [-0.3, -0.25) is 0 Å². The van der Waals surface area contributed by atoms with E-state index in [4.69, 9.17) is 4.74 Å². The average Bonchev–Trinajstić information content (AvgIpc) is 2.89. The van der Waals surface area contributed by atoms with Crippen molar-refractivity contribution in [1.29, 1.82) is 0 Å². The van der Waals surface area contributed by atoms with Crippen LogP contribution in [0, 0.1) is 0 Å². The minimum absolute atomic E-state index is 0.720. The molecule has 0 fully saturated rings. The minimum atomic E-state index is 0.720. The molecule has 0 radical (unpaired) electrons. The van der Waals surface area contributed by atoms with Crippen LogP contribution in [0.1, 0.15) is 13.3 Å². The third kappa shape index (κ3) is 2.75. The summed E-state index contributed by atoms with van der Waals surface area (Å²) >= 11 is 1.64. The summed E-state index contributed by atoms with van der Waals surface area (Å²) in [5.41, 5.74) is 1.98. The molecule has 3 rings (SSSR count). The predicted molar refractivity (Wildman–Crippen MR) is 85.1 cm³/mol. The van der Waals surface area contributed by atoms with Crippen LogP contribution in [0.4, 0.5) is 10.8 Å². The summed E-state index contributed by atoms with van der Waals surface area (Å²) in [5, 5.41) is 4.22. The van der Waals surface area contributed by atoms with Crippen LogP contribution < -0.4 is 10.1 Å². The number of thiazole rings is 1. The Bertz CT molecular complexity index is 694. The van der Waals surface area contributed by atoms with E-state index in [9.17, 15) is 0 Å². The molecule has 0 saturated heterocycles. The maximum atomic E-state index is 5.75. The maximum Gasteiger partial charge on any atom is 0.188 e. The monoisotopic (exact) mass is 284 g/mol. The Morgan fingerprint density at radius 2 is 1.95 bits per heavy atom. The van der Waals surface area contributed by atoms with Gasteiger partial charge in [0.2, 0.25) is 0 Å². The minimum Gasteiger partial charge on any atom is -0.491 e. The summed E-state index contributed by atoms with van der Waals surface area (Å²) in [6, 6.07) is 16.1. The van der Waals surface area contributed by atoms with Crippen LogP contribution in [0.3, 0.4) is 0 Å². The van der Waals surface area contributed by atoms with Crippen molar-refractivity contribution in [3.8, 4) is 5.75 Å². The molecule has 0 amide bonds. The number of ether oxygens (including phenoxy) is 1. The average molecular weight is 284 g/mol. The van der Waals surface area contributed by atoms with Gasteiger partial charge in [0.05, 0.1) is 11.3 Å². The van der Waals surface area contributed by atoms with E-state index in [1.807, 2.05) is 42.5 Å². The van der Waals surface area contributed by atoms with Gasteiger partial charge >= 0.3 is 0 Å². The highest BCUT2D eigenvalue weighted by Crippen LogP contribution is 2.33. The molecule has 1 heterocycles. The molecular formula is C16H16N2OS. The largest absolute Gasteiger partial charge is 0.491 e. The van der Waals surface area contributed by atoms with Gasteiger partial charge in [-0.05, 0) is 30.7 Å². The molecule has 0 bridgehead atoms. The van der Waals surface area contributed by atoms with Gasteiger partial charge < -0.3 is 10.1 Å². The van der Waals surface area contributed by atoms with Crippen LogP contribution in [0.25, 0.3) is 10.2 Å². The van der Waals surface area contributed by atoms with Gasteiger partial charge in [-0.25, -0.2) is 4.98 Å². The van der Waals surface area contributed by atoms with Crippen LogP contribution in [-0.2, 0) is 0 Å². The smallest absolute Gasteiger partial charge is 0.188 e. The number of hydrogen-bond acceptors (Lipinski definition) is 4. The number of hydrogen-bond donors (Lipinski definition) is 1. The number of nitrogens with zero attached hydrogens (tertiary/aromatic N) is 1. The first-order chi connectivity index (χ1) is 9.86. The second-order valence-electron chi connectivity index (χ2n) is 4.46. The molecular weight excluding hydrogens is 268 g/mol. The second kappa shape index (κ2) is 5.92. The van der Waals surface area contributed by atoms with Gasteiger partial charge in [-0.2, -0.15) is 0 Å². The Morgan fingerprint density at radius 1 is 1.10 bits per heavy atom. The highest BCUT2D eigenvalue weighted by atomic mass is 32.1. The van der Waals surface area contributed by atoms with Crippen molar-refractivity contribution in [3.05, 3.63) is 48.5 Å². The molecule has 1 aromatic heterocycles. The van der Waals surface area contributed by atoms with E-state index in [-0.39, 0.29) is 0 Å². The van der Waals surface area contributed by atoms with Crippen molar-refractivity contribution in [2.24, 2.45) is 0 Å². The number of anilines is 2. The first-order valence-corrected chi connectivity index (χ1v) is 7.53. The summed E-state index contributed by atoms with van der Waals surface area (Å²) < 4.78 is 6.88. The summed E-state index contributed by atoms with van der Waals surface area (Å²) in [7, 11) is 0. The van der Waals surface area contributed by atoms with E-state index < -0.39 is 0 Å². The summed E-state index contributed by atoms with van der Waals surface area (Å²) in [6.07, 6.45) is 0.996. The lowest BCUT2D eigenvalue weighted by Gasteiger charge is -2.04. The molecule has 0 unspecified atom stereocenters. The number of rotatable bonds is 5. The highest BCUT2D eigenvalue weighted by molar-refractivity contribution is 7.22. The third-order valence-electron chi connectivity index (χ3n) is 2.87. The Labute approximate surface area is 122 Å². The molecule has 20 heavy (non-hydrogen) atoms. The molecule has 0 spiro atoms. The van der Waals surface area contributed by atoms with Gasteiger partial charge in [0.25, 0.3) is 0 Å². The topological polar surface area (TPSA) is 34.1 Å². The zero-order valence-electron chi connectivity index (χ0n) is 11.3. The molecule has 0 aliphatic rings. The fraction of sp³-hybridized carbons (Fsp3) is 0.188. The van der Waals surface area contributed by atoms with Crippen molar-refractivity contribution in [2.45, 2.75) is 13.3 Å². The second-order valence-corrected chi connectivity index (χ2v) is 5.49. The number of fused-ring (bicyclic) bond motifs is 1. The molecule has 0 aliphatic carbocycles.